The SMILES string of the molecule is COC(=O)c1ccc(C(=O)N[C@@H]2CC[C@@H]2c2ccccc2)nc1. The van der Waals surface area contributed by atoms with Gasteiger partial charge in [0, 0.05) is 18.2 Å². The monoisotopic (exact) mass is 310 g/mol. The molecule has 118 valence electrons. The Labute approximate surface area is 134 Å². The zero-order chi connectivity index (χ0) is 16.2. The van der Waals surface area contributed by atoms with Crippen LogP contribution in [0.2, 0.25) is 0 Å². The summed E-state index contributed by atoms with van der Waals surface area (Å²) < 4.78 is 4.61. The van der Waals surface area contributed by atoms with Gasteiger partial charge in [0.1, 0.15) is 5.69 Å². The average Bonchev–Trinajstić information content (AvgIpc) is 2.59. The number of ether oxygens (including phenoxy) is 1. The van der Waals surface area contributed by atoms with Crippen LogP contribution in [0, 0.1) is 0 Å². The van der Waals surface area contributed by atoms with Crippen LogP contribution in [0.15, 0.2) is 48.7 Å². The highest BCUT2D eigenvalue weighted by molar-refractivity contribution is 5.94. The summed E-state index contributed by atoms with van der Waals surface area (Å²) in [4.78, 5) is 27.7. The zero-order valence-corrected chi connectivity index (χ0v) is 12.9. The van der Waals surface area contributed by atoms with Gasteiger partial charge in [-0.3, -0.25) is 9.78 Å². The second kappa shape index (κ2) is 6.60. The Morgan fingerprint density at radius 3 is 2.48 bits per heavy atom. The summed E-state index contributed by atoms with van der Waals surface area (Å²) in [5, 5.41) is 3.03. The number of pyridine rings is 1. The van der Waals surface area contributed by atoms with Gasteiger partial charge in [0.25, 0.3) is 5.91 Å². The molecule has 1 N–H and O–H groups in total. The van der Waals surface area contributed by atoms with E-state index in [0.717, 1.165) is 12.8 Å². The summed E-state index contributed by atoms with van der Waals surface area (Å²) >= 11 is 0. The Morgan fingerprint density at radius 1 is 1.13 bits per heavy atom. The maximum absolute atomic E-state index is 12.3. The third-order valence-corrected chi connectivity index (χ3v) is 4.24. The Hall–Kier alpha value is -2.69. The van der Waals surface area contributed by atoms with Gasteiger partial charge in [-0.25, -0.2) is 4.79 Å². The van der Waals surface area contributed by atoms with Crippen molar-refractivity contribution >= 4 is 11.9 Å². The van der Waals surface area contributed by atoms with Crippen molar-refractivity contribution in [1.29, 1.82) is 0 Å². The number of nitrogens with zero attached hydrogens (tertiary/aromatic N) is 1. The molecule has 1 aliphatic rings. The number of esters is 1. The van der Waals surface area contributed by atoms with Gasteiger partial charge >= 0.3 is 5.97 Å². The first-order chi connectivity index (χ1) is 11.2. The topological polar surface area (TPSA) is 68.3 Å². The molecule has 0 spiro atoms. The number of benzene rings is 1. The molecule has 23 heavy (non-hydrogen) atoms. The number of carbonyl (C=O) groups is 2. The molecule has 1 aromatic carbocycles. The van der Waals surface area contributed by atoms with Gasteiger partial charge in [0.2, 0.25) is 0 Å². The Balaban J connectivity index is 1.64. The van der Waals surface area contributed by atoms with Crippen LogP contribution in [0.4, 0.5) is 0 Å². The molecule has 1 amide bonds. The Bertz CT molecular complexity index is 698. The summed E-state index contributed by atoms with van der Waals surface area (Å²) in [6.07, 6.45) is 3.39. The molecule has 3 rings (SSSR count). The third kappa shape index (κ3) is 3.23. The summed E-state index contributed by atoms with van der Waals surface area (Å²) in [6.45, 7) is 0. The van der Waals surface area contributed by atoms with Crippen molar-refractivity contribution in [3.05, 3.63) is 65.5 Å². The molecule has 1 aliphatic carbocycles. The minimum atomic E-state index is -0.465. The number of hydrogen-bond acceptors (Lipinski definition) is 4. The summed E-state index contributed by atoms with van der Waals surface area (Å²) in [5.74, 6) is -0.325. The normalized spacial score (nSPS) is 19.5. The molecule has 5 nitrogen and oxygen atoms in total. The second-order valence-electron chi connectivity index (χ2n) is 5.60. The number of amides is 1. The van der Waals surface area contributed by atoms with Crippen LogP contribution in [-0.2, 0) is 4.74 Å². The van der Waals surface area contributed by atoms with Crippen LogP contribution in [0.3, 0.4) is 0 Å². The van der Waals surface area contributed by atoms with E-state index in [4.69, 9.17) is 0 Å². The molecule has 0 unspecified atom stereocenters. The lowest BCUT2D eigenvalue weighted by atomic mass is 9.75. The maximum atomic E-state index is 12.3. The van der Waals surface area contributed by atoms with Crippen LogP contribution in [0.25, 0.3) is 0 Å². The van der Waals surface area contributed by atoms with E-state index < -0.39 is 5.97 Å². The first-order valence-electron chi connectivity index (χ1n) is 7.59. The van der Waals surface area contributed by atoms with Gasteiger partial charge in [-0.1, -0.05) is 30.3 Å². The predicted molar refractivity (Wildman–Crippen MR) is 85.2 cm³/mol. The minimum absolute atomic E-state index is 0.131. The van der Waals surface area contributed by atoms with Crippen LogP contribution in [0.5, 0.6) is 0 Å². The largest absolute Gasteiger partial charge is 0.465 e. The van der Waals surface area contributed by atoms with Crippen molar-refractivity contribution in [3.8, 4) is 0 Å². The Kier molecular flexibility index (Phi) is 4.37. The van der Waals surface area contributed by atoms with Gasteiger partial charge in [-0.15, -0.1) is 0 Å². The van der Waals surface area contributed by atoms with E-state index in [9.17, 15) is 9.59 Å². The van der Waals surface area contributed by atoms with Gasteiger partial charge in [-0.2, -0.15) is 0 Å². The molecule has 1 aromatic heterocycles. The van der Waals surface area contributed by atoms with Gasteiger partial charge in [0.15, 0.2) is 0 Å². The lowest BCUT2D eigenvalue weighted by Crippen LogP contribution is -2.45. The molecular formula is C18H18N2O3. The highest BCUT2D eigenvalue weighted by atomic mass is 16.5. The molecule has 1 saturated carbocycles. The lowest BCUT2D eigenvalue weighted by Gasteiger charge is -2.37. The molecule has 5 heteroatoms. The van der Waals surface area contributed by atoms with E-state index in [0.29, 0.717) is 17.2 Å². The number of hydrogen-bond donors (Lipinski definition) is 1. The lowest BCUT2D eigenvalue weighted by molar-refractivity contribution is 0.0599. The first kappa shape index (κ1) is 15.2. The van der Waals surface area contributed by atoms with Crippen molar-refractivity contribution in [2.75, 3.05) is 7.11 Å². The van der Waals surface area contributed by atoms with E-state index in [-0.39, 0.29) is 11.9 Å². The quantitative estimate of drug-likeness (QED) is 0.881. The van der Waals surface area contributed by atoms with Crippen molar-refractivity contribution in [3.63, 3.8) is 0 Å². The molecule has 1 heterocycles. The van der Waals surface area contributed by atoms with Gasteiger partial charge in [0.05, 0.1) is 12.7 Å². The van der Waals surface area contributed by atoms with Crippen molar-refractivity contribution in [1.82, 2.24) is 10.3 Å². The fourth-order valence-electron chi connectivity index (χ4n) is 2.78. The maximum Gasteiger partial charge on any atom is 0.339 e. The highest BCUT2D eigenvalue weighted by Gasteiger charge is 2.33. The van der Waals surface area contributed by atoms with E-state index in [1.54, 1.807) is 6.07 Å². The van der Waals surface area contributed by atoms with Gasteiger partial charge < -0.3 is 10.1 Å². The molecule has 1 fully saturated rings. The number of aromatic nitrogens is 1. The van der Waals surface area contributed by atoms with Crippen LogP contribution >= 0.6 is 0 Å². The standard InChI is InChI=1S/C18H18N2O3/c1-23-18(22)13-7-9-16(19-11-13)17(21)20-15-10-8-14(15)12-5-3-2-4-6-12/h2-7,9,11,14-15H,8,10H2,1H3,(H,20,21)/t14-,15-/m1/s1. The first-order valence-corrected chi connectivity index (χ1v) is 7.59. The van der Waals surface area contributed by atoms with Crippen molar-refractivity contribution < 1.29 is 14.3 Å². The van der Waals surface area contributed by atoms with E-state index in [1.807, 2.05) is 18.2 Å². The van der Waals surface area contributed by atoms with E-state index >= 15 is 0 Å². The van der Waals surface area contributed by atoms with Crippen LogP contribution in [0.1, 0.15) is 45.2 Å². The number of methoxy groups -OCH3 is 1. The average molecular weight is 310 g/mol. The minimum Gasteiger partial charge on any atom is -0.465 e. The molecule has 0 aliphatic heterocycles. The summed E-state index contributed by atoms with van der Waals surface area (Å²) in [7, 11) is 1.31. The fraction of sp³-hybridized carbons (Fsp3) is 0.278. The molecule has 0 radical (unpaired) electrons. The molecule has 0 bridgehead atoms. The van der Waals surface area contributed by atoms with E-state index in [2.05, 4.69) is 27.2 Å². The number of rotatable bonds is 4. The fourth-order valence-corrected chi connectivity index (χ4v) is 2.78. The smallest absolute Gasteiger partial charge is 0.339 e. The van der Waals surface area contributed by atoms with Crippen LogP contribution < -0.4 is 5.32 Å². The van der Waals surface area contributed by atoms with E-state index in [1.165, 1.54) is 24.9 Å². The predicted octanol–water partition coefficient (Wildman–Crippen LogP) is 2.54. The molecular weight excluding hydrogens is 292 g/mol. The van der Waals surface area contributed by atoms with Gasteiger partial charge in [-0.05, 0) is 30.5 Å². The summed E-state index contributed by atoms with van der Waals surface area (Å²) in [5.41, 5.74) is 1.88. The number of carbonyl (C=O) groups excluding carboxylic acids is 2. The third-order valence-electron chi connectivity index (χ3n) is 4.24. The molecule has 0 saturated heterocycles. The Morgan fingerprint density at radius 2 is 1.91 bits per heavy atom. The second-order valence-corrected chi connectivity index (χ2v) is 5.60. The van der Waals surface area contributed by atoms with Crippen LogP contribution in [-0.4, -0.2) is 30.0 Å². The zero-order valence-electron chi connectivity index (χ0n) is 12.9. The van der Waals surface area contributed by atoms with Crippen molar-refractivity contribution in [2.24, 2.45) is 0 Å². The molecule has 2 atom stereocenters. The highest BCUT2D eigenvalue weighted by Crippen LogP contribution is 2.36. The molecule has 2 aromatic rings. The van der Waals surface area contributed by atoms with Crippen molar-refractivity contribution in [2.45, 2.75) is 24.8 Å². The summed E-state index contributed by atoms with van der Waals surface area (Å²) in [6, 6.07) is 13.4. The number of nitrogens with one attached hydrogen (secondary N) is 1.